The van der Waals surface area contributed by atoms with Gasteiger partial charge in [0.2, 0.25) is 0 Å². The molecule has 2 aromatic rings. The van der Waals surface area contributed by atoms with Crippen molar-refractivity contribution in [1.29, 1.82) is 0 Å². The highest BCUT2D eigenvalue weighted by atomic mass is 32.1. The van der Waals surface area contributed by atoms with E-state index < -0.39 is 0 Å². The third-order valence-corrected chi connectivity index (χ3v) is 3.44. The minimum absolute atomic E-state index is 0.817. The van der Waals surface area contributed by atoms with Gasteiger partial charge in [-0.25, -0.2) is 0 Å². The molecular weight excluding hydrogens is 230 g/mol. The lowest BCUT2D eigenvalue weighted by Crippen LogP contribution is -2.13. The van der Waals surface area contributed by atoms with Crippen LogP contribution in [0.2, 0.25) is 0 Å². The van der Waals surface area contributed by atoms with Crippen LogP contribution in [0.1, 0.15) is 23.9 Å². The van der Waals surface area contributed by atoms with Crippen molar-refractivity contribution in [3.8, 4) is 10.6 Å². The van der Waals surface area contributed by atoms with E-state index in [2.05, 4.69) is 53.6 Å². The van der Waals surface area contributed by atoms with Gasteiger partial charge in [0.1, 0.15) is 10.0 Å². The third-order valence-electron chi connectivity index (χ3n) is 2.47. The van der Waals surface area contributed by atoms with Gasteiger partial charge < -0.3 is 5.32 Å². The zero-order valence-corrected chi connectivity index (χ0v) is 11.0. The van der Waals surface area contributed by atoms with E-state index in [9.17, 15) is 0 Å². The molecule has 1 aromatic carbocycles. The van der Waals surface area contributed by atoms with E-state index in [0.717, 1.165) is 35.1 Å². The highest BCUT2D eigenvalue weighted by Crippen LogP contribution is 2.23. The van der Waals surface area contributed by atoms with Gasteiger partial charge >= 0.3 is 0 Å². The summed E-state index contributed by atoms with van der Waals surface area (Å²) >= 11 is 1.66. The summed E-state index contributed by atoms with van der Waals surface area (Å²) in [5, 5.41) is 13.8. The highest BCUT2D eigenvalue weighted by molar-refractivity contribution is 7.14. The molecule has 0 aliphatic heterocycles. The summed E-state index contributed by atoms with van der Waals surface area (Å²) in [6.07, 6.45) is 1.14. The molecule has 0 bridgehead atoms. The average molecular weight is 247 g/mol. The van der Waals surface area contributed by atoms with Crippen LogP contribution in [0.3, 0.4) is 0 Å². The van der Waals surface area contributed by atoms with Crippen LogP contribution >= 0.6 is 11.3 Å². The fourth-order valence-corrected chi connectivity index (χ4v) is 2.32. The Kier molecular flexibility index (Phi) is 4.23. The molecule has 0 atom stereocenters. The van der Waals surface area contributed by atoms with Crippen LogP contribution in [0, 0.1) is 6.92 Å². The van der Waals surface area contributed by atoms with E-state index in [1.54, 1.807) is 11.3 Å². The van der Waals surface area contributed by atoms with Crippen LogP contribution in [0.25, 0.3) is 10.6 Å². The number of hydrogen-bond donors (Lipinski definition) is 1. The first-order valence-corrected chi connectivity index (χ1v) is 6.71. The molecule has 3 nitrogen and oxygen atoms in total. The predicted octanol–water partition coefficient (Wildman–Crippen LogP) is 3.01. The van der Waals surface area contributed by atoms with Crippen molar-refractivity contribution in [1.82, 2.24) is 15.5 Å². The van der Waals surface area contributed by atoms with Crippen molar-refractivity contribution in [2.24, 2.45) is 0 Å². The normalized spacial score (nSPS) is 10.7. The van der Waals surface area contributed by atoms with Gasteiger partial charge in [-0.3, -0.25) is 0 Å². The van der Waals surface area contributed by atoms with Gasteiger partial charge in [0, 0.05) is 12.1 Å². The molecule has 0 fully saturated rings. The van der Waals surface area contributed by atoms with Gasteiger partial charge in [0.25, 0.3) is 0 Å². The molecule has 1 aromatic heterocycles. The van der Waals surface area contributed by atoms with E-state index in [0.29, 0.717) is 0 Å². The Bertz CT molecular complexity index is 462. The van der Waals surface area contributed by atoms with Crippen LogP contribution in [0.5, 0.6) is 0 Å². The Morgan fingerprint density at radius 1 is 1.18 bits per heavy atom. The van der Waals surface area contributed by atoms with Gasteiger partial charge in [-0.15, -0.1) is 10.2 Å². The molecule has 17 heavy (non-hydrogen) atoms. The van der Waals surface area contributed by atoms with Crippen molar-refractivity contribution < 1.29 is 0 Å². The lowest BCUT2D eigenvalue weighted by Gasteiger charge is -1.97. The molecule has 1 N–H and O–H groups in total. The lowest BCUT2D eigenvalue weighted by atomic mass is 10.2. The van der Waals surface area contributed by atoms with Crippen molar-refractivity contribution in [2.45, 2.75) is 26.8 Å². The van der Waals surface area contributed by atoms with Crippen LogP contribution in [-0.4, -0.2) is 16.7 Å². The van der Waals surface area contributed by atoms with E-state index in [-0.39, 0.29) is 0 Å². The maximum atomic E-state index is 4.22. The molecule has 0 spiro atoms. The summed E-state index contributed by atoms with van der Waals surface area (Å²) in [6.45, 7) is 6.09. The second kappa shape index (κ2) is 5.89. The molecule has 0 aliphatic rings. The van der Waals surface area contributed by atoms with Crippen LogP contribution in [0.15, 0.2) is 24.3 Å². The average Bonchev–Trinajstić information content (AvgIpc) is 2.79. The SMILES string of the molecule is CCCNCc1nnc(-c2ccc(C)cc2)s1. The quantitative estimate of drug-likeness (QED) is 0.825. The second-order valence-corrected chi connectivity index (χ2v) is 5.11. The minimum Gasteiger partial charge on any atom is -0.310 e. The predicted molar refractivity (Wildman–Crippen MR) is 72.1 cm³/mol. The van der Waals surface area contributed by atoms with E-state index in [4.69, 9.17) is 0 Å². The van der Waals surface area contributed by atoms with Crippen molar-refractivity contribution in [3.63, 3.8) is 0 Å². The van der Waals surface area contributed by atoms with E-state index >= 15 is 0 Å². The van der Waals surface area contributed by atoms with Gasteiger partial charge in [0.05, 0.1) is 0 Å². The fourth-order valence-electron chi connectivity index (χ4n) is 1.51. The molecule has 2 rings (SSSR count). The zero-order chi connectivity index (χ0) is 12.1. The first kappa shape index (κ1) is 12.2. The molecule has 0 saturated carbocycles. The standard InChI is InChI=1S/C13H17N3S/c1-3-8-14-9-12-15-16-13(17-12)11-6-4-10(2)5-7-11/h4-7,14H,3,8-9H2,1-2H3. The zero-order valence-electron chi connectivity index (χ0n) is 10.2. The molecule has 0 saturated heterocycles. The number of rotatable bonds is 5. The molecular formula is C13H17N3S. The summed E-state index contributed by atoms with van der Waals surface area (Å²) in [5.74, 6) is 0. The molecule has 0 radical (unpaired) electrons. The maximum Gasteiger partial charge on any atom is 0.147 e. The number of benzene rings is 1. The summed E-state index contributed by atoms with van der Waals surface area (Å²) in [6, 6.07) is 8.40. The Morgan fingerprint density at radius 2 is 1.94 bits per heavy atom. The fraction of sp³-hybridized carbons (Fsp3) is 0.385. The maximum absolute atomic E-state index is 4.22. The van der Waals surface area contributed by atoms with Crippen molar-refractivity contribution in [3.05, 3.63) is 34.8 Å². The first-order valence-electron chi connectivity index (χ1n) is 5.89. The number of nitrogens with zero attached hydrogens (tertiary/aromatic N) is 2. The van der Waals surface area contributed by atoms with E-state index in [1.165, 1.54) is 5.56 Å². The van der Waals surface area contributed by atoms with Crippen LogP contribution < -0.4 is 5.32 Å². The molecule has 4 heteroatoms. The third kappa shape index (κ3) is 3.35. The first-order chi connectivity index (χ1) is 8.29. The van der Waals surface area contributed by atoms with Gasteiger partial charge in [-0.05, 0) is 19.9 Å². The second-order valence-electron chi connectivity index (χ2n) is 4.04. The number of hydrogen-bond acceptors (Lipinski definition) is 4. The Hall–Kier alpha value is -1.26. The van der Waals surface area contributed by atoms with Crippen molar-refractivity contribution in [2.75, 3.05) is 6.54 Å². The molecule has 90 valence electrons. The monoisotopic (exact) mass is 247 g/mol. The number of aryl methyl sites for hydroxylation is 1. The Morgan fingerprint density at radius 3 is 2.65 bits per heavy atom. The van der Waals surface area contributed by atoms with Crippen LogP contribution in [-0.2, 0) is 6.54 Å². The smallest absolute Gasteiger partial charge is 0.147 e. The van der Waals surface area contributed by atoms with E-state index in [1.807, 2.05) is 0 Å². The van der Waals surface area contributed by atoms with Gasteiger partial charge in [-0.1, -0.05) is 48.1 Å². The lowest BCUT2D eigenvalue weighted by molar-refractivity contribution is 0.668. The summed E-state index contributed by atoms with van der Waals surface area (Å²) < 4.78 is 0. The minimum atomic E-state index is 0.817. The highest BCUT2D eigenvalue weighted by Gasteiger charge is 2.05. The van der Waals surface area contributed by atoms with Gasteiger partial charge in [0.15, 0.2) is 0 Å². The van der Waals surface area contributed by atoms with Gasteiger partial charge in [-0.2, -0.15) is 0 Å². The molecule has 1 heterocycles. The summed E-state index contributed by atoms with van der Waals surface area (Å²) in [7, 11) is 0. The Balaban J connectivity index is 2.04. The Labute approximate surface area is 106 Å². The largest absolute Gasteiger partial charge is 0.310 e. The topological polar surface area (TPSA) is 37.8 Å². The summed E-state index contributed by atoms with van der Waals surface area (Å²) in [5.41, 5.74) is 2.41. The van der Waals surface area contributed by atoms with Crippen LogP contribution in [0.4, 0.5) is 0 Å². The summed E-state index contributed by atoms with van der Waals surface area (Å²) in [4.78, 5) is 0. The number of nitrogens with one attached hydrogen (secondary N) is 1. The molecule has 0 amide bonds. The molecule has 0 unspecified atom stereocenters. The molecule has 0 aliphatic carbocycles. The van der Waals surface area contributed by atoms with Crippen molar-refractivity contribution >= 4 is 11.3 Å². The number of aromatic nitrogens is 2.